The number of carbonyl (C=O) groups excluding carboxylic acids is 2. The average Bonchev–Trinajstić information content (AvgIpc) is 3.36. The van der Waals surface area contributed by atoms with Crippen molar-refractivity contribution in [3.8, 4) is 0 Å². The minimum Gasteiger partial charge on any atom is -0.353 e. The molecule has 1 aromatic heterocycles. The van der Waals surface area contributed by atoms with Gasteiger partial charge in [0.2, 0.25) is 5.91 Å². The molecule has 1 unspecified atom stereocenters. The zero-order chi connectivity index (χ0) is 19.7. The van der Waals surface area contributed by atoms with Gasteiger partial charge >= 0.3 is 0 Å². The second-order valence-electron chi connectivity index (χ2n) is 7.85. The van der Waals surface area contributed by atoms with Gasteiger partial charge in [0.05, 0.1) is 6.42 Å². The number of likely N-dealkylation sites (tertiary alicyclic amines) is 1. The smallest absolute Gasteiger partial charge is 0.253 e. The summed E-state index contributed by atoms with van der Waals surface area (Å²) in [7, 11) is 0. The quantitative estimate of drug-likeness (QED) is 0.868. The van der Waals surface area contributed by atoms with Crippen LogP contribution in [-0.2, 0) is 11.2 Å². The van der Waals surface area contributed by atoms with Gasteiger partial charge in [-0.15, -0.1) is 0 Å². The number of benzene rings is 1. The Morgan fingerprint density at radius 3 is 2.39 bits per heavy atom. The molecule has 146 valence electrons. The molecule has 6 heteroatoms. The topological polar surface area (TPSA) is 75.2 Å². The number of amides is 2. The predicted molar refractivity (Wildman–Crippen MR) is 106 cm³/mol. The van der Waals surface area contributed by atoms with Crippen molar-refractivity contribution in [2.45, 2.75) is 51.5 Å². The van der Waals surface area contributed by atoms with Gasteiger partial charge in [-0.05, 0) is 45.2 Å². The number of hydrogen-bond donors (Lipinski definition) is 1. The maximum absolute atomic E-state index is 12.7. The molecular formula is C22H26N4O2. The lowest BCUT2D eigenvalue weighted by molar-refractivity contribution is -0.120. The lowest BCUT2D eigenvalue weighted by Crippen LogP contribution is -2.29. The third-order valence-electron chi connectivity index (χ3n) is 5.58. The van der Waals surface area contributed by atoms with Crippen molar-refractivity contribution < 1.29 is 9.59 Å². The first-order chi connectivity index (χ1) is 13.5. The van der Waals surface area contributed by atoms with Gasteiger partial charge in [-0.3, -0.25) is 9.59 Å². The van der Waals surface area contributed by atoms with Gasteiger partial charge in [0.1, 0.15) is 5.82 Å². The number of nitrogens with one attached hydrogen (secondary N) is 1. The van der Waals surface area contributed by atoms with Crippen molar-refractivity contribution in [2.24, 2.45) is 0 Å². The van der Waals surface area contributed by atoms with Crippen LogP contribution in [0.25, 0.3) is 0 Å². The first kappa shape index (κ1) is 18.6. The molecule has 4 rings (SSSR count). The van der Waals surface area contributed by atoms with Gasteiger partial charge in [0.15, 0.2) is 0 Å². The van der Waals surface area contributed by atoms with Gasteiger partial charge in [-0.2, -0.15) is 0 Å². The van der Waals surface area contributed by atoms with E-state index >= 15 is 0 Å². The molecule has 2 fully saturated rings. The van der Waals surface area contributed by atoms with Crippen molar-refractivity contribution in [3.05, 3.63) is 58.7 Å². The van der Waals surface area contributed by atoms with Crippen LogP contribution in [0, 0.1) is 13.8 Å². The Morgan fingerprint density at radius 2 is 1.75 bits per heavy atom. The van der Waals surface area contributed by atoms with E-state index in [0.717, 1.165) is 42.0 Å². The highest BCUT2D eigenvalue weighted by atomic mass is 16.2. The molecule has 2 aromatic rings. The predicted octanol–water partition coefficient (Wildman–Crippen LogP) is 2.54. The molecule has 1 aliphatic heterocycles. The van der Waals surface area contributed by atoms with Crippen LogP contribution in [0.4, 0.5) is 0 Å². The Kier molecular flexibility index (Phi) is 5.11. The summed E-state index contributed by atoms with van der Waals surface area (Å²) in [6, 6.07) is 9.74. The van der Waals surface area contributed by atoms with E-state index < -0.39 is 0 Å². The second kappa shape index (κ2) is 7.70. The molecule has 0 spiro atoms. The molecule has 2 aliphatic rings. The highest BCUT2D eigenvalue weighted by Gasteiger charge is 2.30. The Balaban J connectivity index is 1.44. The molecule has 1 saturated carbocycles. The lowest BCUT2D eigenvalue weighted by Gasteiger charge is -2.17. The van der Waals surface area contributed by atoms with Crippen LogP contribution in [0.15, 0.2) is 30.3 Å². The van der Waals surface area contributed by atoms with E-state index in [9.17, 15) is 9.59 Å². The van der Waals surface area contributed by atoms with Gasteiger partial charge in [0, 0.05) is 47.6 Å². The van der Waals surface area contributed by atoms with Crippen molar-refractivity contribution in [1.29, 1.82) is 0 Å². The van der Waals surface area contributed by atoms with Gasteiger partial charge in [-0.1, -0.05) is 18.2 Å². The first-order valence-corrected chi connectivity index (χ1v) is 9.99. The number of hydrogen-bond acceptors (Lipinski definition) is 4. The zero-order valence-corrected chi connectivity index (χ0v) is 16.4. The molecular weight excluding hydrogens is 352 g/mol. The van der Waals surface area contributed by atoms with Crippen molar-refractivity contribution >= 4 is 11.8 Å². The molecule has 6 nitrogen and oxygen atoms in total. The monoisotopic (exact) mass is 378 g/mol. The minimum atomic E-state index is 0.0468. The maximum Gasteiger partial charge on any atom is 0.253 e. The van der Waals surface area contributed by atoms with Crippen molar-refractivity contribution in [1.82, 2.24) is 20.2 Å². The summed E-state index contributed by atoms with van der Waals surface area (Å²) < 4.78 is 0. The van der Waals surface area contributed by atoms with Gasteiger partial charge in [-0.25, -0.2) is 9.97 Å². The van der Waals surface area contributed by atoms with Crippen molar-refractivity contribution in [3.63, 3.8) is 0 Å². The zero-order valence-electron chi connectivity index (χ0n) is 16.4. The summed E-state index contributed by atoms with van der Waals surface area (Å²) in [6.07, 6.45) is 3.36. The van der Waals surface area contributed by atoms with E-state index in [1.54, 1.807) is 0 Å². The van der Waals surface area contributed by atoms with Crippen LogP contribution in [0.1, 0.15) is 58.3 Å². The van der Waals surface area contributed by atoms with Crippen LogP contribution < -0.4 is 5.32 Å². The number of aryl methyl sites for hydroxylation is 2. The van der Waals surface area contributed by atoms with Crippen LogP contribution >= 0.6 is 0 Å². The highest BCUT2D eigenvalue weighted by Crippen LogP contribution is 2.27. The number of rotatable bonds is 5. The largest absolute Gasteiger partial charge is 0.353 e. The van der Waals surface area contributed by atoms with Crippen LogP contribution in [0.5, 0.6) is 0 Å². The van der Waals surface area contributed by atoms with E-state index in [-0.39, 0.29) is 17.7 Å². The first-order valence-electron chi connectivity index (χ1n) is 9.99. The molecule has 2 amide bonds. The fraction of sp³-hybridized carbons (Fsp3) is 0.455. The van der Waals surface area contributed by atoms with Crippen LogP contribution in [-0.4, -0.2) is 45.8 Å². The third kappa shape index (κ3) is 4.06. The molecule has 1 aliphatic carbocycles. The highest BCUT2D eigenvalue weighted by molar-refractivity contribution is 5.94. The van der Waals surface area contributed by atoms with E-state index in [2.05, 4.69) is 5.32 Å². The normalized spacial score (nSPS) is 18.9. The van der Waals surface area contributed by atoms with E-state index in [4.69, 9.17) is 9.97 Å². The number of aromatic nitrogens is 2. The lowest BCUT2D eigenvalue weighted by atomic mass is 10.0. The second-order valence-corrected chi connectivity index (χ2v) is 7.85. The molecule has 1 N–H and O–H groups in total. The molecule has 0 bridgehead atoms. The number of carbonyl (C=O) groups is 2. The molecule has 2 heterocycles. The van der Waals surface area contributed by atoms with E-state index in [0.29, 0.717) is 31.1 Å². The van der Waals surface area contributed by atoms with E-state index in [1.807, 2.05) is 49.1 Å². The molecule has 28 heavy (non-hydrogen) atoms. The Labute approximate surface area is 165 Å². The standard InChI is InChI=1S/C22H26N4O2/c1-14-19(12-20(27)25-18-8-9-18)15(2)24-21(23-14)17-10-11-26(13-17)22(28)16-6-4-3-5-7-16/h3-7,17-18H,8-13H2,1-2H3,(H,25,27). The summed E-state index contributed by atoms with van der Waals surface area (Å²) >= 11 is 0. The summed E-state index contributed by atoms with van der Waals surface area (Å²) in [4.78, 5) is 36.1. The van der Waals surface area contributed by atoms with Gasteiger partial charge in [0.25, 0.3) is 5.91 Å². The van der Waals surface area contributed by atoms with Gasteiger partial charge < -0.3 is 10.2 Å². The fourth-order valence-corrected chi connectivity index (χ4v) is 3.79. The molecule has 0 radical (unpaired) electrons. The molecule has 1 saturated heterocycles. The number of nitrogens with zero attached hydrogens (tertiary/aromatic N) is 3. The van der Waals surface area contributed by atoms with E-state index in [1.165, 1.54) is 0 Å². The summed E-state index contributed by atoms with van der Waals surface area (Å²) in [5.74, 6) is 1.03. The SMILES string of the molecule is Cc1nc(C2CCN(C(=O)c3ccccc3)C2)nc(C)c1CC(=O)NC1CC1. The minimum absolute atomic E-state index is 0.0468. The van der Waals surface area contributed by atoms with Crippen LogP contribution in [0.2, 0.25) is 0 Å². The van der Waals surface area contributed by atoms with Crippen LogP contribution in [0.3, 0.4) is 0 Å². The Morgan fingerprint density at radius 1 is 1.07 bits per heavy atom. The molecule has 1 atom stereocenters. The third-order valence-corrected chi connectivity index (χ3v) is 5.58. The average molecular weight is 378 g/mol. The summed E-state index contributed by atoms with van der Waals surface area (Å²) in [5, 5.41) is 3.02. The Bertz CT molecular complexity index is 870. The van der Waals surface area contributed by atoms with Crippen molar-refractivity contribution in [2.75, 3.05) is 13.1 Å². The summed E-state index contributed by atoms with van der Waals surface area (Å²) in [6.45, 7) is 5.24. The fourth-order valence-electron chi connectivity index (χ4n) is 3.79. The molecule has 1 aromatic carbocycles. The Hall–Kier alpha value is -2.76. The maximum atomic E-state index is 12.7. The summed E-state index contributed by atoms with van der Waals surface area (Å²) in [5.41, 5.74) is 3.35.